The summed E-state index contributed by atoms with van der Waals surface area (Å²) in [4.78, 5) is 11.2. The van der Waals surface area contributed by atoms with E-state index in [-0.39, 0.29) is 5.60 Å². The Kier molecular flexibility index (Phi) is 3.48. The Bertz CT molecular complexity index is 214. The quantitative estimate of drug-likeness (QED) is 0.771. The fourth-order valence-electron chi connectivity index (χ4n) is 1.65. The number of thioether (sulfide) groups is 1. The van der Waals surface area contributed by atoms with Gasteiger partial charge in [-0.15, -0.1) is 0 Å². The summed E-state index contributed by atoms with van der Waals surface area (Å²) in [5.74, 6) is 0.942. The molecule has 1 saturated heterocycles. The molecule has 14 heavy (non-hydrogen) atoms. The van der Waals surface area contributed by atoms with Crippen LogP contribution in [0.3, 0.4) is 0 Å². The molecule has 0 unspecified atom stereocenters. The Labute approximate surface area is 89.2 Å². The summed E-state index contributed by atoms with van der Waals surface area (Å²) < 4.78 is 5.71. The van der Waals surface area contributed by atoms with E-state index >= 15 is 0 Å². The molecule has 1 aliphatic rings. The molecule has 0 amide bonds. The van der Waals surface area contributed by atoms with Crippen molar-refractivity contribution in [1.29, 1.82) is 0 Å². The van der Waals surface area contributed by atoms with Gasteiger partial charge in [-0.1, -0.05) is 0 Å². The Morgan fingerprint density at radius 1 is 1.36 bits per heavy atom. The Morgan fingerprint density at radius 3 is 2.21 bits per heavy atom. The molecule has 0 aromatic carbocycles. The highest BCUT2D eigenvalue weighted by Gasteiger charge is 2.43. The molecular formula is C10H18O3S. The van der Waals surface area contributed by atoms with Gasteiger partial charge in [0.1, 0.15) is 0 Å². The van der Waals surface area contributed by atoms with E-state index in [0.29, 0.717) is 12.8 Å². The van der Waals surface area contributed by atoms with Crippen LogP contribution in [0.5, 0.6) is 0 Å². The first-order chi connectivity index (χ1) is 6.36. The minimum Gasteiger partial charge on any atom is -0.479 e. The summed E-state index contributed by atoms with van der Waals surface area (Å²) in [5, 5.41) is 9.22. The summed E-state index contributed by atoms with van der Waals surface area (Å²) in [6.07, 6.45) is 1.23. The van der Waals surface area contributed by atoms with E-state index < -0.39 is 11.6 Å². The lowest BCUT2D eigenvalue weighted by molar-refractivity contribution is -0.186. The molecule has 0 spiro atoms. The maximum Gasteiger partial charge on any atom is 0.336 e. The van der Waals surface area contributed by atoms with Gasteiger partial charge in [0, 0.05) is 0 Å². The van der Waals surface area contributed by atoms with Crippen LogP contribution in [0.4, 0.5) is 0 Å². The van der Waals surface area contributed by atoms with Gasteiger partial charge in [-0.25, -0.2) is 4.79 Å². The van der Waals surface area contributed by atoms with Crippen molar-refractivity contribution < 1.29 is 14.6 Å². The van der Waals surface area contributed by atoms with Crippen molar-refractivity contribution >= 4 is 17.7 Å². The normalized spacial score (nSPS) is 21.9. The molecule has 3 nitrogen and oxygen atoms in total. The SMILES string of the molecule is CC(C)(C)OC1(C(=O)O)CCSCC1. The highest BCUT2D eigenvalue weighted by atomic mass is 32.2. The highest BCUT2D eigenvalue weighted by molar-refractivity contribution is 7.99. The summed E-state index contributed by atoms with van der Waals surface area (Å²) in [5.41, 5.74) is -1.33. The van der Waals surface area contributed by atoms with Crippen LogP contribution in [0.15, 0.2) is 0 Å². The molecule has 1 aliphatic heterocycles. The smallest absolute Gasteiger partial charge is 0.336 e. The largest absolute Gasteiger partial charge is 0.479 e. The highest BCUT2D eigenvalue weighted by Crippen LogP contribution is 2.34. The number of carbonyl (C=O) groups is 1. The van der Waals surface area contributed by atoms with Crippen molar-refractivity contribution in [3.8, 4) is 0 Å². The van der Waals surface area contributed by atoms with E-state index in [1.165, 1.54) is 0 Å². The zero-order chi connectivity index (χ0) is 10.8. The molecule has 4 heteroatoms. The van der Waals surface area contributed by atoms with Gasteiger partial charge in [-0.3, -0.25) is 0 Å². The van der Waals surface area contributed by atoms with Crippen LogP contribution in [0.1, 0.15) is 33.6 Å². The van der Waals surface area contributed by atoms with Crippen LogP contribution >= 0.6 is 11.8 Å². The fourth-order valence-corrected chi connectivity index (χ4v) is 2.80. The predicted octanol–water partition coefficient (Wildman–Crippen LogP) is 2.15. The summed E-state index contributed by atoms with van der Waals surface area (Å²) in [6.45, 7) is 5.71. The van der Waals surface area contributed by atoms with E-state index in [9.17, 15) is 9.90 Å². The van der Waals surface area contributed by atoms with Crippen molar-refractivity contribution in [3.63, 3.8) is 0 Å². The fraction of sp³-hybridized carbons (Fsp3) is 0.900. The van der Waals surface area contributed by atoms with Crippen molar-refractivity contribution in [3.05, 3.63) is 0 Å². The van der Waals surface area contributed by atoms with E-state index in [2.05, 4.69) is 0 Å². The van der Waals surface area contributed by atoms with Crippen LogP contribution in [-0.2, 0) is 9.53 Å². The topological polar surface area (TPSA) is 46.5 Å². The van der Waals surface area contributed by atoms with Gasteiger partial charge in [-0.2, -0.15) is 11.8 Å². The van der Waals surface area contributed by atoms with Crippen LogP contribution < -0.4 is 0 Å². The lowest BCUT2D eigenvalue weighted by Crippen LogP contribution is -2.49. The minimum atomic E-state index is -0.941. The molecule has 82 valence electrons. The molecule has 0 atom stereocenters. The average molecular weight is 218 g/mol. The third kappa shape index (κ3) is 2.89. The van der Waals surface area contributed by atoms with E-state index in [1.807, 2.05) is 20.8 Å². The number of ether oxygens (including phenoxy) is 1. The minimum absolute atomic E-state index is 0.388. The number of aliphatic carboxylic acids is 1. The molecule has 1 fully saturated rings. The first-order valence-corrected chi connectivity index (χ1v) is 6.03. The van der Waals surface area contributed by atoms with Crippen molar-refractivity contribution in [1.82, 2.24) is 0 Å². The van der Waals surface area contributed by atoms with Gasteiger partial charge in [0.05, 0.1) is 5.60 Å². The van der Waals surface area contributed by atoms with E-state index in [1.54, 1.807) is 11.8 Å². The monoisotopic (exact) mass is 218 g/mol. The summed E-state index contributed by atoms with van der Waals surface area (Å²) in [7, 11) is 0. The van der Waals surface area contributed by atoms with Crippen LogP contribution in [0.2, 0.25) is 0 Å². The van der Waals surface area contributed by atoms with Crippen LogP contribution in [0.25, 0.3) is 0 Å². The second kappa shape index (κ2) is 4.11. The van der Waals surface area contributed by atoms with Gasteiger partial charge in [0.2, 0.25) is 0 Å². The lowest BCUT2D eigenvalue weighted by Gasteiger charge is -2.38. The van der Waals surface area contributed by atoms with Crippen molar-refractivity contribution in [2.75, 3.05) is 11.5 Å². The van der Waals surface area contributed by atoms with Crippen molar-refractivity contribution in [2.24, 2.45) is 0 Å². The molecule has 0 radical (unpaired) electrons. The Hall–Kier alpha value is -0.220. The summed E-state index contributed by atoms with van der Waals surface area (Å²) >= 11 is 1.80. The third-order valence-corrected chi connectivity index (χ3v) is 3.18. The molecule has 0 aliphatic carbocycles. The standard InChI is InChI=1S/C10H18O3S/c1-9(2,3)13-10(8(11)12)4-6-14-7-5-10/h4-7H2,1-3H3,(H,11,12). The zero-order valence-corrected chi connectivity index (χ0v) is 9.82. The molecule has 1 heterocycles. The predicted molar refractivity (Wildman–Crippen MR) is 57.8 cm³/mol. The third-order valence-electron chi connectivity index (χ3n) is 2.19. The van der Waals surface area contributed by atoms with Gasteiger partial charge in [0.25, 0.3) is 0 Å². The Balaban J connectivity index is 2.76. The summed E-state index contributed by atoms with van der Waals surface area (Å²) in [6, 6.07) is 0. The van der Waals surface area contributed by atoms with Crippen LogP contribution in [-0.4, -0.2) is 33.8 Å². The first-order valence-electron chi connectivity index (χ1n) is 4.87. The second-order valence-corrected chi connectivity index (χ2v) is 5.85. The average Bonchev–Trinajstić information content (AvgIpc) is 2.02. The zero-order valence-electron chi connectivity index (χ0n) is 9.00. The number of rotatable bonds is 2. The molecule has 0 bridgehead atoms. The maximum atomic E-state index is 11.2. The molecular weight excluding hydrogens is 200 g/mol. The van der Waals surface area contributed by atoms with Gasteiger partial charge in [0.15, 0.2) is 5.60 Å². The van der Waals surface area contributed by atoms with Gasteiger partial charge >= 0.3 is 5.97 Å². The van der Waals surface area contributed by atoms with E-state index in [0.717, 1.165) is 11.5 Å². The van der Waals surface area contributed by atoms with E-state index in [4.69, 9.17) is 4.74 Å². The van der Waals surface area contributed by atoms with Crippen molar-refractivity contribution in [2.45, 2.75) is 44.8 Å². The lowest BCUT2D eigenvalue weighted by atomic mass is 9.95. The number of carboxylic acid groups (broad SMARTS) is 1. The second-order valence-electron chi connectivity index (χ2n) is 4.63. The molecule has 1 rings (SSSR count). The van der Waals surface area contributed by atoms with Gasteiger partial charge < -0.3 is 9.84 Å². The first kappa shape index (κ1) is 11.9. The molecule has 0 aromatic rings. The molecule has 1 N–H and O–H groups in total. The van der Waals surface area contributed by atoms with Gasteiger partial charge in [-0.05, 0) is 45.1 Å². The molecule has 0 aromatic heterocycles. The number of hydrogen-bond acceptors (Lipinski definition) is 3. The maximum absolute atomic E-state index is 11.2. The number of hydrogen-bond donors (Lipinski definition) is 1. The Morgan fingerprint density at radius 2 is 1.86 bits per heavy atom. The molecule has 0 saturated carbocycles. The van der Waals surface area contributed by atoms with Crippen LogP contribution in [0, 0.1) is 0 Å². The number of carboxylic acids is 1.